The monoisotopic (exact) mass is 440 g/mol. The number of nitrogens with one attached hydrogen (secondary N) is 2. The van der Waals surface area contributed by atoms with E-state index in [9.17, 15) is 29.6 Å². The first-order valence-corrected chi connectivity index (χ1v) is 9.55. The van der Waals surface area contributed by atoms with Crippen molar-refractivity contribution >= 4 is 35.3 Å². The molecule has 32 heavy (non-hydrogen) atoms. The van der Waals surface area contributed by atoms with Gasteiger partial charge in [0.1, 0.15) is 12.2 Å². The predicted octanol–water partition coefficient (Wildman–Crippen LogP) is 2.54. The zero-order chi connectivity index (χ0) is 23.4. The summed E-state index contributed by atoms with van der Waals surface area (Å²) in [6.07, 6.45) is 1.09. The molecule has 3 rings (SSSR count). The minimum atomic E-state index is -0.838. The van der Waals surface area contributed by atoms with Gasteiger partial charge in [0.05, 0.1) is 17.6 Å². The van der Waals surface area contributed by atoms with Crippen LogP contribution in [0.4, 0.5) is 16.2 Å². The summed E-state index contributed by atoms with van der Waals surface area (Å²) in [7, 11) is 0. The molecule has 1 fully saturated rings. The van der Waals surface area contributed by atoms with Gasteiger partial charge in [-0.05, 0) is 32.1 Å². The third kappa shape index (κ3) is 4.83. The second-order valence-corrected chi connectivity index (χ2v) is 6.87. The standard InChI is InChI=1S/C21H20N4O7/c1-3-32-17-10-15(25(30)31)8-13(19(17)27)9-16-20(28)24(21(29)23-16)11-18(26)22-14-6-4-12(2)5-7-14/h4-10,27H,3,11H2,1-2H3,(H,22,26)(H,23,29)/b16-9+. The lowest BCUT2D eigenvalue weighted by Gasteiger charge is -2.12. The Hall–Kier alpha value is -4.41. The molecular formula is C21H20N4O7. The smallest absolute Gasteiger partial charge is 0.329 e. The molecule has 1 heterocycles. The van der Waals surface area contributed by atoms with Crippen LogP contribution in [0.25, 0.3) is 6.08 Å². The third-order valence-corrected chi connectivity index (χ3v) is 4.50. The molecule has 0 aromatic heterocycles. The van der Waals surface area contributed by atoms with Crippen molar-refractivity contribution in [2.24, 2.45) is 0 Å². The average molecular weight is 440 g/mol. The number of non-ortho nitro benzene ring substituents is 1. The number of imide groups is 1. The van der Waals surface area contributed by atoms with Crippen molar-refractivity contribution in [3.8, 4) is 11.5 Å². The molecule has 11 heteroatoms. The molecule has 2 aromatic carbocycles. The normalized spacial score (nSPS) is 14.4. The summed E-state index contributed by atoms with van der Waals surface area (Å²) in [5.74, 6) is -1.98. The average Bonchev–Trinajstić information content (AvgIpc) is 2.99. The van der Waals surface area contributed by atoms with Gasteiger partial charge in [0.2, 0.25) is 5.91 Å². The second kappa shape index (κ2) is 9.16. The van der Waals surface area contributed by atoms with Crippen molar-refractivity contribution in [2.45, 2.75) is 13.8 Å². The van der Waals surface area contributed by atoms with E-state index in [-0.39, 0.29) is 29.3 Å². The van der Waals surface area contributed by atoms with E-state index >= 15 is 0 Å². The number of benzene rings is 2. The number of aryl methyl sites for hydroxylation is 1. The van der Waals surface area contributed by atoms with Crippen LogP contribution in [-0.2, 0) is 9.59 Å². The number of rotatable bonds is 7. The van der Waals surface area contributed by atoms with Crippen LogP contribution in [0.3, 0.4) is 0 Å². The highest BCUT2D eigenvalue weighted by Gasteiger charge is 2.35. The Morgan fingerprint density at radius 1 is 1.28 bits per heavy atom. The van der Waals surface area contributed by atoms with Crippen LogP contribution >= 0.6 is 0 Å². The lowest BCUT2D eigenvalue weighted by Crippen LogP contribution is -2.38. The Balaban J connectivity index is 1.81. The van der Waals surface area contributed by atoms with E-state index in [1.54, 1.807) is 31.2 Å². The summed E-state index contributed by atoms with van der Waals surface area (Å²) in [6, 6.07) is 8.22. The van der Waals surface area contributed by atoms with Crippen LogP contribution in [0.5, 0.6) is 11.5 Å². The molecule has 0 radical (unpaired) electrons. The van der Waals surface area contributed by atoms with Crippen LogP contribution in [0.15, 0.2) is 42.1 Å². The summed E-state index contributed by atoms with van der Waals surface area (Å²) in [5.41, 5.74) is 0.787. The maximum Gasteiger partial charge on any atom is 0.329 e. The fourth-order valence-corrected chi connectivity index (χ4v) is 2.95. The van der Waals surface area contributed by atoms with Gasteiger partial charge in [-0.2, -0.15) is 0 Å². The van der Waals surface area contributed by atoms with E-state index in [1.165, 1.54) is 0 Å². The zero-order valence-corrected chi connectivity index (χ0v) is 17.2. The van der Waals surface area contributed by atoms with E-state index in [4.69, 9.17) is 4.74 Å². The molecule has 1 aliphatic rings. The molecule has 0 spiro atoms. The number of anilines is 1. The number of phenolic OH excluding ortho intramolecular Hbond substituents is 1. The van der Waals surface area contributed by atoms with Gasteiger partial charge in [0.25, 0.3) is 11.6 Å². The lowest BCUT2D eigenvalue weighted by atomic mass is 10.1. The predicted molar refractivity (Wildman–Crippen MR) is 114 cm³/mol. The van der Waals surface area contributed by atoms with Crippen LogP contribution in [-0.4, -0.2) is 45.9 Å². The molecule has 0 unspecified atom stereocenters. The van der Waals surface area contributed by atoms with Crippen LogP contribution in [0, 0.1) is 17.0 Å². The first-order chi connectivity index (χ1) is 15.2. The maximum atomic E-state index is 12.6. The van der Waals surface area contributed by atoms with Gasteiger partial charge < -0.3 is 20.5 Å². The number of hydrogen-bond donors (Lipinski definition) is 3. The Bertz CT molecular complexity index is 1130. The molecule has 2 aromatic rings. The Morgan fingerprint density at radius 3 is 2.59 bits per heavy atom. The third-order valence-electron chi connectivity index (χ3n) is 4.50. The maximum absolute atomic E-state index is 12.6. The number of nitrogens with zero attached hydrogens (tertiary/aromatic N) is 2. The summed E-state index contributed by atoms with van der Waals surface area (Å²) in [6.45, 7) is 3.13. The second-order valence-electron chi connectivity index (χ2n) is 6.87. The number of phenols is 1. The number of ether oxygens (including phenoxy) is 1. The van der Waals surface area contributed by atoms with Crippen molar-refractivity contribution in [1.82, 2.24) is 10.2 Å². The number of carbonyl (C=O) groups is 3. The molecule has 3 N–H and O–H groups in total. The Kier molecular flexibility index (Phi) is 6.38. The van der Waals surface area contributed by atoms with Crippen molar-refractivity contribution < 1.29 is 29.2 Å². The van der Waals surface area contributed by atoms with Gasteiger partial charge in [-0.15, -0.1) is 0 Å². The van der Waals surface area contributed by atoms with E-state index in [2.05, 4.69) is 10.6 Å². The van der Waals surface area contributed by atoms with E-state index in [0.717, 1.165) is 23.8 Å². The number of nitro benzene ring substituents is 1. The first kappa shape index (κ1) is 22.3. The molecule has 0 aliphatic carbocycles. The molecule has 1 saturated heterocycles. The Morgan fingerprint density at radius 2 is 1.97 bits per heavy atom. The number of nitro groups is 1. The molecule has 166 valence electrons. The fourth-order valence-electron chi connectivity index (χ4n) is 2.95. The molecule has 0 atom stereocenters. The van der Waals surface area contributed by atoms with E-state index in [1.807, 2.05) is 6.92 Å². The molecule has 11 nitrogen and oxygen atoms in total. The minimum absolute atomic E-state index is 0.0998. The van der Waals surface area contributed by atoms with Gasteiger partial charge >= 0.3 is 6.03 Å². The number of hydrogen-bond acceptors (Lipinski definition) is 7. The van der Waals surface area contributed by atoms with Gasteiger partial charge in [-0.1, -0.05) is 17.7 Å². The van der Waals surface area contributed by atoms with Gasteiger partial charge in [-0.3, -0.25) is 19.7 Å². The quantitative estimate of drug-likeness (QED) is 0.259. The van der Waals surface area contributed by atoms with Crippen LogP contribution in [0.1, 0.15) is 18.1 Å². The first-order valence-electron chi connectivity index (χ1n) is 9.55. The number of urea groups is 1. The number of aromatic hydroxyl groups is 1. The van der Waals surface area contributed by atoms with Crippen molar-refractivity contribution in [3.63, 3.8) is 0 Å². The van der Waals surface area contributed by atoms with Gasteiger partial charge in [0.15, 0.2) is 11.5 Å². The van der Waals surface area contributed by atoms with Crippen LogP contribution in [0.2, 0.25) is 0 Å². The molecule has 0 saturated carbocycles. The lowest BCUT2D eigenvalue weighted by molar-refractivity contribution is -0.385. The largest absolute Gasteiger partial charge is 0.504 e. The highest BCUT2D eigenvalue weighted by Crippen LogP contribution is 2.36. The summed E-state index contributed by atoms with van der Waals surface area (Å²) in [5, 5.41) is 26.4. The van der Waals surface area contributed by atoms with Crippen molar-refractivity contribution in [1.29, 1.82) is 0 Å². The topological polar surface area (TPSA) is 151 Å². The number of amides is 4. The van der Waals surface area contributed by atoms with Crippen molar-refractivity contribution in [2.75, 3.05) is 18.5 Å². The van der Waals surface area contributed by atoms with Gasteiger partial charge in [-0.25, -0.2) is 9.69 Å². The van der Waals surface area contributed by atoms with Crippen LogP contribution < -0.4 is 15.4 Å². The molecular weight excluding hydrogens is 420 g/mol. The zero-order valence-electron chi connectivity index (χ0n) is 17.2. The fraction of sp³-hybridized carbons (Fsp3) is 0.190. The van der Waals surface area contributed by atoms with Gasteiger partial charge in [0, 0.05) is 17.3 Å². The van der Waals surface area contributed by atoms with E-state index in [0.29, 0.717) is 10.6 Å². The van der Waals surface area contributed by atoms with Crippen molar-refractivity contribution in [3.05, 3.63) is 63.3 Å². The minimum Gasteiger partial charge on any atom is -0.504 e. The molecule has 4 amide bonds. The van der Waals surface area contributed by atoms with E-state index < -0.39 is 35.1 Å². The molecule has 1 aliphatic heterocycles. The SMILES string of the molecule is CCOc1cc([N+](=O)[O-])cc(/C=C2/NC(=O)N(CC(=O)Nc3ccc(C)cc3)C2=O)c1O. The highest BCUT2D eigenvalue weighted by atomic mass is 16.6. The highest BCUT2D eigenvalue weighted by molar-refractivity contribution is 6.16. The summed E-state index contributed by atoms with van der Waals surface area (Å²) in [4.78, 5) is 48.3. The summed E-state index contributed by atoms with van der Waals surface area (Å²) < 4.78 is 5.20. The summed E-state index contributed by atoms with van der Waals surface area (Å²) >= 11 is 0. The molecule has 0 bridgehead atoms. The number of carbonyl (C=O) groups excluding carboxylic acids is 3. The Labute approximate surface area is 182 Å².